The van der Waals surface area contributed by atoms with Gasteiger partial charge in [0.05, 0.1) is 6.10 Å². The summed E-state index contributed by atoms with van der Waals surface area (Å²) in [7, 11) is 1.80. The molecule has 0 aliphatic heterocycles. The molecule has 0 bridgehead atoms. The second-order valence-corrected chi connectivity index (χ2v) is 5.36. The third kappa shape index (κ3) is 4.10. The van der Waals surface area contributed by atoms with Gasteiger partial charge in [0.1, 0.15) is 0 Å². The molecular formula is C11H20ClN3OS. The first-order chi connectivity index (χ1) is 7.79. The Balaban J connectivity index is 0.00000144. The van der Waals surface area contributed by atoms with Gasteiger partial charge < -0.3 is 15.8 Å². The second kappa shape index (κ2) is 7.16. The first kappa shape index (κ1) is 14.7. The van der Waals surface area contributed by atoms with E-state index in [0.29, 0.717) is 17.3 Å². The fraction of sp³-hybridized carbons (Fsp3) is 0.727. The van der Waals surface area contributed by atoms with Crippen LogP contribution in [0.25, 0.3) is 0 Å². The van der Waals surface area contributed by atoms with Crippen molar-refractivity contribution in [2.45, 2.75) is 44.4 Å². The lowest BCUT2D eigenvalue weighted by Gasteiger charge is -2.31. The first-order valence-corrected chi connectivity index (χ1v) is 6.57. The van der Waals surface area contributed by atoms with Gasteiger partial charge in [0.15, 0.2) is 5.13 Å². The summed E-state index contributed by atoms with van der Waals surface area (Å²) in [6.07, 6.45) is 7.15. The molecule has 4 nitrogen and oxygen atoms in total. The third-order valence-electron chi connectivity index (χ3n) is 3.12. The van der Waals surface area contributed by atoms with Crippen LogP contribution in [0.3, 0.4) is 0 Å². The molecule has 1 aromatic heterocycles. The zero-order valence-electron chi connectivity index (χ0n) is 10.0. The Morgan fingerprint density at radius 1 is 1.53 bits per heavy atom. The molecule has 6 heteroatoms. The Morgan fingerprint density at radius 3 is 2.94 bits per heavy atom. The molecule has 1 aliphatic rings. The average molecular weight is 278 g/mol. The number of hydrogen-bond donors (Lipinski definition) is 2. The maximum atomic E-state index is 5.60. The summed E-state index contributed by atoms with van der Waals surface area (Å²) in [5, 5.41) is 4.18. The number of nitrogen functional groups attached to an aromatic ring is 1. The van der Waals surface area contributed by atoms with E-state index in [2.05, 4.69) is 10.3 Å². The molecule has 17 heavy (non-hydrogen) atoms. The summed E-state index contributed by atoms with van der Waals surface area (Å²) in [6.45, 7) is 0.847. The predicted octanol–water partition coefficient (Wildman–Crippen LogP) is 2.19. The van der Waals surface area contributed by atoms with Crippen LogP contribution in [0.15, 0.2) is 6.20 Å². The Hall–Kier alpha value is -0.360. The summed E-state index contributed by atoms with van der Waals surface area (Å²) in [5.74, 6) is 0. The lowest BCUT2D eigenvalue weighted by molar-refractivity contribution is 0.0414. The highest BCUT2D eigenvalue weighted by Crippen LogP contribution is 2.22. The highest BCUT2D eigenvalue weighted by molar-refractivity contribution is 7.15. The normalized spacial score (nSPS) is 24.3. The predicted molar refractivity (Wildman–Crippen MR) is 73.7 cm³/mol. The number of ether oxygens (including phenoxy) is 1. The molecular weight excluding hydrogens is 258 g/mol. The van der Waals surface area contributed by atoms with Crippen LogP contribution in [-0.2, 0) is 11.3 Å². The smallest absolute Gasteiger partial charge is 0.180 e. The summed E-state index contributed by atoms with van der Waals surface area (Å²) >= 11 is 1.55. The van der Waals surface area contributed by atoms with E-state index in [-0.39, 0.29) is 12.4 Å². The number of thiazole rings is 1. The number of halogens is 1. The molecule has 0 amide bonds. The maximum Gasteiger partial charge on any atom is 0.180 e. The van der Waals surface area contributed by atoms with E-state index in [0.717, 1.165) is 6.54 Å². The zero-order chi connectivity index (χ0) is 11.4. The fourth-order valence-electron chi connectivity index (χ4n) is 2.25. The zero-order valence-corrected chi connectivity index (χ0v) is 11.6. The van der Waals surface area contributed by atoms with Gasteiger partial charge in [-0.1, -0.05) is 12.8 Å². The van der Waals surface area contributed by atoms with Crippen LogP contribution in [0.5, 0.6) is 0 Å². The molecule has 2 atom stereocenters. The highest BCUT2D eigenvalue weighted by Gasteiger charge is 2.24. The van der Waals surface area contributed by atoms with Crippen molar-refractivity contribution in [3.63, 3.8) is 0 Å². The van der Waals surface area contributed by atoms with E-state index in [1.165, 1.54) is 30.6 Å². The van der Waals surface area contributed by atoms with Gasteiger partial charge in [-0.25, -0.2) is 4.98 Å². The van der Waals surface area contributed by atoms with Gasteiger partial charge in [0, 0.05) is 30.8 Å². The van der Waals surface area contributed by atoms with Gasteiger partial charge in [0.2, 0.25) is 0 Å². The van der Waals surface area contributed by atoms with Crippen LogP contribution in [0.4, 0.5) is 5.13 Å². The summed E-state index contributed by atoms with van der Waals surface area (Å²) < 4.78 is 5.50. The van der Waals surface area contributed by atoms with Crippen molar-refractivity contribution in [1.82, 2.24) is 10.3 Å². The third-order valence-corrected chi connectivity index (χ3v) is 3.94. The Kier molecular flexibility index (Phi) is 6.19. The molecule has 2 unspecified atom stereocenters. The fourth-order valence-corrected chi connectivity index (χ4v) is 2.88. The summed E-state index contributed by atoms with van der Waals surface area (Å²) in [6, 6.07) is 0.474. The molecule has 98 valence electrons. The Morgan fingerprint density at radius 2 is 2.29 bits per heavy atom. The number of hydrogen-bond acceptors (Lipinski definition) is 5. The van der Waals surface area contributed by atoms with Crippen LogP contribution in [0, 0.1) is 0 Å². The number of nitrogens with one attached hydrogen (secondary N) is 1. The van der Waals surface area contributed by atoms with E-state index in [1.54, 1.807) is 18.4 Å². The van der Waals surface area contributed by atoms with Crippen LogP contribution < -0.4 is 11.1 Å². The van der Waals surface area contributed by atoms with Crippen molar-refractivity contribution in [2.75, 3.05) is 12.8 Å². The summed E-state index contributed by atoms with van der Waals surface area (Å²) in [5.41, 5.74) is 5.60. The minimum atomic E-state index is 0. The quantitative estimate of drug-likeness (QED) is 0.886. The highest BCUT2D eigenvalue weighted by atomic mass is 35.5. The number of rotatable bonds is 4. The van der Waals surface area contributed by atoms with Crippen molar-refractivity contribution in [3.8, 4) is 0 Å². The lowest BCUT2D eigenvalue weighted by atomic mass is 9.92. The van der Waals surface area contributed by atoms with Crippen molar-refractivity contribution in [3.05, 3.63) is 11.1 Å². The minimum absolute atomic E-state index is 0. The van der Waals surface area contributed by atoms with Gasteiger partial charge in [-0.3, -0.25) is 0 Å². The number of nitrogens with zero attached hydrogens (tertiary/aromatic N) is 1. The van der Waals surface area contributed by atoms with Gasteiger partial charge in [0.25, 0.3) is 0 Å². The molecule has 2 rings (SSSR count). The van der Waals surface area contributed by atoms with E-state index >= 15 is 0 Å². The molecule has 0 radical (unpaired) electrons. The average Bonchev–Trinajstić information content (AvgIpc) is 2.73. The van der Waals surface area contributed by atoms with Crippen molar-refractivity contribution >= 4 is 28.9 Å². The first-order valence-electron chi connectivity index (χ1n) is 5.76. The number of methoxy groups -OCH3 is 1. The SMILES string of the molecule is COC1CCCCC1NCc1cnc(N)s1.Cl. The van der Waals surface area contributed by atoms with Gasteiger partial charge in [-0.2, -0.15) is 0 Å². The van der Waals surface area contributed by atoms with E-state index < -0.39 is 0 Å². The molecule has 1 heterocycles. The maximum absolute atomic E-state index is 5.60. The molecule has 1 fully saturated rings. The second-order valence-electron chi connectivity index (χ2n) is 4.21. The topological polar surface area (TPSA) is 60.2 Å². The molecule has 1 aliphatic carbocycles. The standard InChI is InChI=1S/C11H19N3OS.ClH/c1-15-10-5-3-2-4-9(10)13-6-8-7-14-11(12)16-8;/h7,9-10,13H,2-6H2,1H3,(H2,12,14);1H. The molecule has 1 saturated carbocycles. The van der Waals surface area contributed by atoms with Crippen molar-refractivity contribution in [2.24, 2.45) is 0 Å². The molecule has 0 aromatic carbocycles. The van der Waals surface area contributed by atoms with Gasteiger partial charge >= 0.3 is 0 Å². The van der Waals surface area contributed by atoms with Crippen LogP contribution in [-0.4, -0.2) is 24.2 Å². The summed E-state index contributed by atoms with van der Waals surface area (Å²) in [4.78, 5) is 5.24. The molecule has 1 aromatic rings. The molecule has 0 spiro atoms. The largest absolute Gasteiger partial charge is 0.380 e. The molecule has 3 N–H and O–H groups in total. The van der Waals surface area contributed by atoms with E-state index in [4.69, 9.17) is 10.5 Å². The van der Waals surface area contributed by atoms with Crippen molar-refractivity contribution in [1.29, 1.82) is 0 Å². The molecule has 0 saturated heterocycles. The van der Waals surface area contributed by atoms with E-state index in [9.17, 15) is 0 Å². The number of nitrogens with two attached hydrogens (primary N) is 1. The van der Waals surface area contributed by atoms with Crippen molar-refractivity contribution < 1.29 is 4.74 Å². The minimum Gasteiger partial charge on any atom is -0.380 e. The number of aromatic nitrogens is 1. The number of anilines is 1. The monoisotopic (exact) mass is 277 g/mol. The van der Waals surface area contributed by atoms with Crippen LogP contribution in [0.1, 0.15) is 30.6 Å². The lowest BCUT2D eigenvalue weighted by Crippen LogP contribution is -2.42. The van der Waals surface area contributed by atoms with E-state index in [1.807, 2.05) is 6.20 Å². The van der Waals surface area contributed by atoms with Crippen LogP contribution in [0.2, 0.25) is 0 Å². The van der Waals surface area contributed by atoms with Gasteiger partial charge in [-0.15, -0.1) is 23.7 Å². The Bertz CT molecular complexity index is 334. The Labute approximate surface area is 112 Å². The van der Waals surface area contributed by atoms with Gasteiger partial charge in [-0.05, 0) is 12.8 Å². The van der Waals surface area contributed by atoms with Crippen LogP contribution >= 0.6 is 23.7 Å².